The van der Waals surface area contributed by atoms with Crippen molar-refractivity contribution in [3.05, 3.63) is 28.2 Å². The molecule has 2 atom stereocenters. The molecule has 3 N–H and O–H groups in total. The number of primary sulfonamides is 1. The van der Waals surface area contributed by atoms with E-state index in [4.69, 9.17) is 5.14 Å². The molecule has 0 bridgehead atoms. The van der Waals surface area contributed by atoms with Gasteiger partial charge in [0, 0.05) is 10.5 Å². The number of rotatable bonds is 3. The van der Waals surface area contributed by atoms with Crippen LogP contribution >= 0.6 is 15.9 Å². The molecule has 0 spiro atoms. The standard InChI is InChI=1S/C17H25BrN2O3S/c1-17(2,3)13-6-4-5-7-15(13)20-16(21)12-10-11(24(19,22)23)8-9-14(12)18/h8-10,13,15H,4-7H2,1-3H3,(H,20,21)(H2,19,22,23). The van der Waals surface area contributed by atoms with E-state index in [-0.39, 0.29) is 22.3 Å². The van der Waals surface area contributed by atoms with Gasteiger partial charge in [0.1, 0.15) is 0 Å². The van der Waals surface area contributed by atoms with Crippen molar-refractivity contribution in [3.63, 3.8) is 0 Å². The number of carbonyl (C=O) groups excluding carboxylic acids is 1. The van der Waals surface area contributed by atoms with Gasteiger partial charge in [0.2, 0.25) is 10.0 Å². The van der Waals surface area contributed by atoms with Crippen molar-refractivity contribution in [1.82, 2.24) is 5.32 Å². The molecule has 0 heterocycles. The molecule has 0 aromatic heterocycles. The van der Waals surface area contributed by atoms with E-state index in [0.29, 0.717) is 16.0 Å². The number of halogens is 1. The SMILES string of the molecule is CC(C)(C)C1CCCCC1NC(=O)c1cc(S(N)(=O)=O)ccc1Br. The molecule has 0 saturated heterocycles. The zero-order chi connectivity index (χ0) is 18.1. The third kappa shape index (κ3) is 4.58. The molecule has 1 saturated carbocycles. The van der Waals surface area contributed by atoms with Crippen molar-refractivity contribution in [2.24, 2.45) is 16.5 Å². The van der Waals surface area contributed by atoms with Crippen molar-refractivity contribution in [2.75, 3.05) is 0 Å². The molecule has 5 nitrogen and oxygen atoms in total. The van der Waals surface area contributed by atoms with Crippen molar-refractivity contribution < 1.29 is 13.2 Å². The summed E-state index contributed by atoms with van der Waals surface area (Å²) < 4.78 is 23.6. The van der Waals surface area contributed by atoms with Gasteiger partial charge in [-0.1, -0.05) is 33.6 Å². The number of hydrogen-bond donors (Lipinski definition) is 2. The van der Waals surface area contributed by atoms with Gasteiger partial charge in [-0.15, -0.1) is 0 Å². The second-order valence-electron chi connectivity index (χ2n) is 7.52. The third-order valence-corrected chi connectivity index (χ3v) is 6.31. The molecule has 1 aromatic rings. The summed E-state index contributed by atoms with van der Waals surface area (Å²) in [6.07, 6.45) is 4.31. The lowest BCUT2D eigenvalue weighted by Gasteiger charge is -2.40. The maximum Gasteiger partial charge on any atom is 0.252 e. The smallest absolute Gasteiger partial charge is 0.252 e. The van der Waals surface area contributed by atoms with Crippen LogP contribution in [0.3, 0.4) is 0 Å². The summed E-state index contributed by atoms with van der Waals surface area (Å²) in [5, 5.41) is 8.27. The number of hydrogen-bond acceptors (Lipinski definition) is 3. The van der Waals surface area contributed by atoms with Crippen LogP contribution in [0, 0.1) is 11.3 Å². The summed E-state index contributed by atoms with van der Waals surface area (Å²) in [7, 11) is -3.84. The van der Waals surface area contributed by atoms with Gasteiger partial charge in [0.15, 0.2) is 0 Å². The van der Waals surface area contributed by atoms with E-state index in [2.05, 4.69) is 42.0 Å². The first kappa shape index (κ1) is 19.4. The van der Waals surface area contributed by atoms with Crippen molar-refractivity contribution in [3.8, 4) is 0 Å². The van der Waals surface area contributed by atoms with Gasteiger partial charge in [-0.2, -0.15) is 0 Å². The molecule has 2 rings (SSSR count). The second-order valence-corrected chi connectivity index (χ2v) is 9.94. The van der Waals surface area contributed by atoms with E-state index in [0.717, 1.165) is 19.3 Å². The van der Waals surface area contributed by atoms with Gasteiger partial charge in [-0.05, 0) is 58.3 Å². The Balaban J connectivity index is 2.26. The number of carbonyl (C=O) groups is 1. The number of sulfonamides is 1. The summed E-state index contributed by atoms with van der Waals surface area (Å²) in [6, 6.07) is 4.34. The molecule has 0 aliphatic heterocycles. The fourth-order valence-electron chi connectivity index (χ4n) is 3.44. The largest absolute Gasteiger partial charge is 0.349 e. The van der Waals surface area contributed by atoms with Gasteiger partial charge in [-0.25, -0.2) is 13.6 Å². The predicted octanol–water partition coefficient (Wildman–Crippen LogP) is 3.43. The maximum atomic E-state index is 12.7. The van der Waals surface area contributed by atoms with Gasteiger partial charge < -0.3 is 5.32 Å². The van der Waals surface area contributed by atoms with Gasteiger partial charge in [-0.3, -0.25) is 4.79 Å². The Kier molecular flexibility index (Phi) is 5.77. The fraction of sp³-hybridized carbons (Fsp3) is 0.588. The third-order valence-electron chi connectivity index (χ3n) is 4.71. The van der Waals surface area contributed by atoms with E-state index in [1.807, 2.05) is 0 Å². The molecular weight excluding hydrogens is 392 g/mol. The number of nitrogens with two attached hydrogens (primary N) is 1. The Morgan fingerprint density at radius 1 is 1.25 bits per heavy atom. The van der Waals surface area contributed by atoms with Crippen molar-refractivity contribution in [1.29, 1.82) is 0 Å². The minimum Gasteiger partial charge on any atom is -0.349 e. The normalized spacial score (nSPS) is 22.2. The molecule has 1 aliphatic carbocycles. The highest BCUT2D eigenvalue weighted by Crippen LogP contribution is 2.38. The topological polar surface area (TPSA) is 89.3 Å². The summed E-state index contributed by atoms with van der Waals surface area (Å²) in [6.45, 7) is 6.58. The van der Waals surface area contributed by atoms with Crippen molar-refractivity contribution >= 4 is 31.9 Å². The van der Waals surface area contributed by atoms with Crippen LogP contribution in [0.4, 0.5) is 0 Å². The van der Waals surface area contributed by atoms with Gasteiger partial charge in [0.25, 0.3) is 5.91 Å². The van der Waals surface area contributed by atoms with Crippen LogP contribution in [0.25, 0.3) is 0 Å². The summed E-state index contributed by atoms with van der Waals surface area (Å²) >= 11 is 3.32. The molecule has 134 valence electrons. The van der Waals surface area contributed by atoms with Crippen LogP contribution in [-0.4, -0.2) is 20.4 Å². The van der Waals surface area contributed by atoms with Gasteiger partial charge in [0.05, 0.1) is 10.5 Å². The average molecular weight is 417 g/mol. The highest BCUT2D eigenvalue weighted by atomic mass is 79.9. The van der Waals surface area contributed by atoms with Gasteiger partial charge >= 0.3 is 0 Å². The summed E-state index contributed by atoms with van der Waals surface area (Å²) in [5.41, 5.74) is 0.401. The quantitative estimate of drug-likeness (QED) is 0.790. The monoisotopic (exact) mass is 416 g/mol. The number of nitrogens with one attached hydrogen (secondary N) is 1. The molecule has 2 unspecified atom stereocenters. The molecule has 24 heavy (non-hydrogen) atoms. The Bertz CT molecular complexity index is 726. The first-order valence-corrected chi connectivity index (χ1v) is 10.5. The molecule has 1 fully saturated rings. The van der Waals surface area contributed by atoms with E-state index in [1.54, 1.807) is 0 Å². The molecule has 1 amide bonds. The first-order valence-electron chi connectivity index (χ1n) is 8.13. The van der Waals surface area contributed by atoms with E-state index >= 15 is 0 Å². The lowest BCUT2D eigenvalue weighted by molar-refractivity contribution is 0.0829. The lowest BCUT2D eigenvalue weighted by Crippen LogP contribution is -2.46. The number of amides is 1. The Morgan fingerprint density at radius 3 is 2.46 bits per heavy atom. The van der Waals surface area contributed by atoms with Crippen molar-refractivity contribution in [2.45, 2.75) is 57.4 Å². The zero-order valence-electron chi connectivity index (χ0n) is 14.3. The minimum atomic E-state index is -3.84. The summed E-state index contributed by atoms with van der Waals surface area (Å²) in [4.78, 5) is 12.6. The maximum absolute atomic E-state index is 12.7. The minimum absolute atomic E-state index is 0.0631. The fourth-order valence-corrected chi connectivity index (χ4v) is 4.41. The number of benzene rings is 1. The average Bonchev–Trinajstić information content (AvgIpc) is 2.45. The molecule has 1 aliphatic rings. The van der Waals surface area contributed by atoms with Crippen LogP contribution in [0.1, 0.15) is 56.8 Å². The van der Waals surface area contributed by atoms with E-state index in [1.165, 1.54) is 24.6 Å². The Labute approximate surface area is 152 Å². The highest BCUT2D eigenvalue weighted by Gasteiger charge is 2.35. The second kappa shape index (κ2) is 7.14. The van der Waals surface area contributed by atoms with E-state index < -0.39 is 10.0 Å². The zero-order valence-corrected chi connectivity index (χ0v) is 16.7. The van der Waals surface area contributed by atoms with Crippen LogP contribution in [-0.2, 0) is 10.0 Å². The van der Waals surface area contributed by atoms with Crippen LogP contribution in [0.5, 0.6) is 0 Å². The molecular formula is C17H25BrN2O3S. The summed E-state index contributed by atoms with van der Waals surface area (Å²) in [5.74, 6) is 0.129. The first-order chi connectivity index (χ1) is 11.0. The van der Waals surface area contributed by atoms with Crippen LogP contribution in [0.2, 0.25) is 0 Å². The molecule has 0 radical (unpaired) electrons. The highest BCUT2D eigenvalue weighted by molar-refractivity contribution is 9.10. The Hall–Kier alpha value is -0.920. The molecule has 1 aromatic carbocycles. The predicted molar refractivity (Wildman–Crippen MR) is 98.2 cm³/mol. The lowest BCUT2D eigenvalue weighted by atomic mass is 9.69. The van der Waals surface area contributed by atoms with Crippen LogP contribution in [0.15, 0.2) is 27.6 Å². The van der Waals surface area contributed by atoms with Crippen LogP contribution < -0.4 is 10.5 Å². The van der Waals surface area contributed by atoms with E-state index in [9.17, 15) is 13.2 Å². The molecule has 7 heteroatoms. The Morgan fingerprint density at radius 2 is 1.88 bits per heavy atom.